The molecular weight excluding hydrogens is 384 g/mol. The monoisotopic (exact) mass is 403 g/mol. The molecule has 1 atom stereocenters. The van der Waals surface area contributed by atoms with Crippen molar-refractivity contribution in [3.05, 3.63) is 46.5 Å². The number of aromatic nitrogens is 4. The van der Waals surface area contributed by atoms with E-state index in [4.69, 9.17) is 0 Å². The standard InChI is InChI=1S/C18H19F2N7O2/c1-21-14-8-13(23-11-4-3-7-26(2)17(11)29)25-15-10(9-22-27(14)15)16(28)24-12-5-6-18(12,19)20/h3-4,7-9,12,21H,5-6H2,1-2H3,(H,23,25)(H,24,28)/t12-/m1/s1. The van der Waals surface area contributed by atoms with Gasteiger partial charge in [0.15, 0.2) is 5.65 Å². The van der Waals surface area contributed by atoms with Crippen LogP contribution < -0.4 is 21.5 Å². The van der Waals surface area contributed by atoms with Gasteiger partial charge in [-0.25, -0.2) is 13.8 Å². The maximum absolute atomic E-state index is 13.5. The molecule has 0 radical (unpaired) electrons. The molecule has 0 saturated heterocycles. The number of pyridine rings is 1. The van der Waals surface area contributed by atoms with Crippen molar-refractivity contribution < 1.29 is 13.6 Å². The fourth-order valence-electron chi connectivity index (χ4n) is 3.12. The van der Waals surface area contributed by atoms with E-state index in [0.29, 0.717) is 17.3 Å². The maximum Gasteiger partial charge on any atom is 0.274 e. The van der Waals surface area contributed by atoms with Gasteiger partial charge in [-0.1, -0.05) is 0 Å². The molecule has 3 aromatic heterocycles. The molecule has 0 aromatic carbocycles. The van der Waals surface area contributed by atoms with Gasteiger partial charge in [0, 0.05) is 32.8 Å². The molecule has 1 aliphatic carbocycles. The quantitative estimate of drug-likeness (QED) is 0.599. The van der Waals surface area contributed by atoms with Crippen molar-refractivity contribution in [2.24, 2.45) is 7.05 Å². The molecule has 11 heteroatoms. The number of amides is 1. The highest BCUT2D eigenvalue weighted by molar-refractivity contribution is 6.00. The second-order valence-electron chi connectivity index (χ2n) is 6.86. The van der Waals surface area contributed by atoms with E-state index in [0.717, 1.165) is 0 Å². The molecule has 9 nitrogen and oxygen atoms in total. The average molecular weight is 403 g/mol. The molecule has 29 heavy (non-hydrogen) atoms. The Morgan fingerprint density at radius 2 is 2.17 bits per heavy atom. The number of carbonyl (C=O) groups is 1. The van der Waals surface area contributed by atoms with Crippen LogP contribution in [0.15, 0.2) is 35.4 Å². The third-order valence-electron chi connectivity index (χ3n) is 4.94. The minimum atomic E-state index is -2.90. The molecule has 3 heterocycles. The van der Waals surface area contributed by atoms with Crippen LogP contribution in [0.5, 0.6) is 0 Å². The van der Waals surface area contributed by atoms with Gasteiger partial charge in [0.05, 0.1) is 12.2 Å². The molecule has 1 aliphatic rings. The lowest BCUT2D eigenvalue weighted by molar-refractivity contribution is -0.102. The topological polar surface area (TPSA) is 105 Å². The summed E-state index contributed by atoms with van der Waals surface area (Å²) < 4.78 is 29.8. The lowest BCUT2D eigenvalue weighted by Gasteiger charge is -2.36. The summed E-state index contributed by atoms with van der Waals surface area (Å²) in [4.78, 5) is 29.2. The number of hydrogen-bond acceptors (Lipinski definition) is 6. The minimum absolute atomic E-state index is 0.0637. The summed E-state index contributed by atoms with van der Waals surface area (Å²) >= 11 is 0. The first-order valence-electron chi connectivity index (χ1n) is 8.98. The smallest absolute Gasteiger partial charge is 0.274 e. The van der Waals surface area contributed by atoms with Crippen LogP contribution in [0.1, 0.15) is 23.2 Å². The van der Waals surface area contributed by atoms with Crippen LogP contribution in [-0.2, 0) is 7.05 Å². The Kier molecular flexibility index (Phi) is 4.44. The number of nitrogens with one attached hydrogen (secondary N) is 3. The molecule has 1 saturated carbocycles. The zero-order valence-electron chi connectivity index (χ0n) is 15.7. The number of hydrogen-bond donors (Lipinski definition) is 3. The predicted molar refractivity (Wildman–Crippen MR) is 103 cm³/mol. The first kappa shape index (κ1) is 18.8. The minimum Gasteiger partial charge on any atom is -0.373 e. The number of halogens is 2. The third-order valence-corrected chi connectivity index (χ3v) is 4.94. The van der Waals surface area contributed by atoms with Gasteiger partial charge < -0.3 is 20.5 Å². The van der Waals surface area contributed by atoms with Gasteiger partial charge in [-0.05, 0) is 18.6 Å². The van der Waals surface area contributed by atoms with Crippen LogP contribution in [-0.4, -0.2) is 44.1 Å². The summed E-state index contributed by atoms with van der Waals surface area (Å²) in [6.45, 7) is 0. The number of alkyl halides is 2. The van der Waals surface area contributed by atoms with Crippen LogP contribution in [0.4, 0.5) is 26.1 Å². The predicted octanol–water partition coefficient (Wildman–Crippen LogP) is 1.74. The van der Waals surface area contributed by atoms with E-state index >= 15 is 0 Å². The molecule has 0 unspecified atom stereocenters. The number of aryl methyl sites for hydroxylation is 1. The van der Waals surface area contributed by atoms with Crippen molar-refractivity contribution in [2.45, 2.75) is 24.8 Å². The first-order chi connectivity index (χ1) is 13.8. The lowest BCUT2D eigenvalue weighted by Crippen LogP contribution is -2.55. The van der Waals surface area contributed by atoms with Crippen LogP contribution >= 0.6 is 0 Å². The Morgan fingerprint density at radius 3 is 2.83 bits per heavy atom. The molecule has 0 aliphatic heterocycles. The van der Waals surface area contributed by atoms with Crippen LogP contribution in [0.2, 0.25) is 0 Å². The van der Waals surface area contributed by atoms with Gasteiger partial charge in [-0.15, -0.1) is 0 Å². The highest BCUT2D eigenvalue weighted by Gasteiger charge is 2.49. The third kappa shape index (κ3) is 3.28. The Labute approximate surface area is 163 Å². The van der Waals surface area contributed by atoms with Crippen molar-refractivity contribution in [1.82, 2.24) is 24.5 Å². The van der Waals surface area contributed by atoms with E-state index in [-0.39, 0.29) is 29.6 Å². The lowest BCUT2D eigenvalue weighted by atomic mass is 9.88. The zero-order valence-corrected chi connectivity index (χ0v) is 15.7. The molecule has 4 rings (SSSR count). The fourth-order valence-corrected chi connectivity index (χ4v) is 3.12. The normalized spacial score (nSPS) is 17.6. The largest absolute Gasteiger partial charge is 0.373 e. The van der Waals surface area contributed by atoms with E-state index in [2.05, 4.69) is 26.0 Å². The number of anilines is 3. The molecule has 3 N–H and O–H groups in total. The molecule has 1 amide bonds. The number of rotatable bonds is 5. The number of nitrogens with zero attached hydrogens (tertiary/aromatic N) is 4. The SMILES string of the molecule is CNc1cc(Nc2cccn(C)c2=O)nc2c(C(=O)N[C@@H]3CCC3(F)F)cnn12. The summed E-state index contributed by atoms with van der Waals surface area (Å²) in [5, 5.41) is 12.3. The van der Waals surface area contributed by atoms with Gasteiger partial charge in [0.2, 0.25) is 0 Å². The first-order valence-corrected chi connectivity index (χ1v) is 8.98. The molecule has 152 valence electrons. The second-order valence-corrected chi connectivity index (χ2v) is 6.86. The van der Waals surface area contributed by atoms with E-state index in [9.17, 15) is 18.4 Å². The van der Waals surface area contributed by atoms with E-state index in [1.807, 2.05) is 0 Å². The Hall–Kier alpha value is -3.50. The van der Waals surface area contributed by atoms with E-state index in [1.54, 1.807) is 38.5 Å². The molecule has 0 bridgehead atoms. The highest BCUT2D eigenvalue weighted by atomic mass is 19.3. The summed E-state index contributed by atoms with van der Waals surface area (Å²) in [5.41, 5.74) is 0.286. The molecular formula is C18H19F2N7O2. The van der Waals surface area contributed by atoms with Crippen molar-refractivity contribution in [1.29, 1.82) is 0 Å². The van der Waals surface area contributed by atoms with Crippen molar-refractivity contribution in [3.63, 3.8) is 0 Å². The van der Waals surface area contributed by atoms with Gasteiger partial charge >= 0.3 is 0 Å². The van der Waals surface area contributed by atoms with Crippen LogP contribution in [0, 0.1) is 0 Å². The van der Waals surface area contributed by atoms with E-state index in [1.165, 1.54) is 15.3 Å². The van der Waals surface area contributed by atoms with Gasteiger partial charge in [-0.3, -0.25) is 9.59 Å². The van der Waals surface area contributed by atoms with E-state index < -0.39 is 17.9 Å². The summed E-state index contributed by atoms with van der Waals surface area (Å²) in [6.07, 6.45) is 2.88. The van der Waals surface area contributed by atoms with Crippen molar-refractivity contribution in [2.75, 3.05) is 17.7 Å². The zero-order chi connectivity index (χ0) is 20.8. The van der Waals surface area contributed by atoms with Crippen molar-refractivity contribution in [3.8, 4) is 0 Å². The van der Waals surface area contributed by atoms with Gasteiger partial charge in [0.25, 0.3) is 17.4 Å². The Balaban J connectivity index is 1.70. The summed E-state index contributed by atoms with van der Waals surface area (Å²) in [7, 11) is 3.29. The average Bonchev–Trinajstić information content (AvgIpc) is 3.12. The Bertz CT molecular complexity index is 1150. The van der Waals surface area contributed by atoms with Crippen molar-refractivity contribution >= 4 is 28.9 Å². The second kappa shape index (κ2) is 6.83. The number of fused-ring (bicyclic) bond motifs is 1. The number of carbonyl (C=O) groups excluding carboxylic acids is 1. The van der Waals surface area contributed by atoms with Crippen LogP contribution in [0.25, 0.3) is 5.65 Å². The fraction of sp³-hybridized carbons (Fsp3) is 0.333. The van der Waals surface area contributed by atoms with Crippen LogP contribution in [0.3, 0.4) is 0 Å². The Morgan fingerprint density at radius 1 is 1.38 bits per heavy atom. The summed E-state index contributed by atoms with van der Waals surface area (Å²) in [6, 6.07) is 3.74. The molecule has 1 fully saturated rings. The van der Waals surface area contributed by atoms with Gasteiger partial charge in [0.1, 0.15) is 22.9 Å². The summed E-state index contributed by atoms with van der Waals surface area (Å²) in [5.74, 6) is -2.78. The molecule has 0 spiro atoms. The maximum atomic E-state index is 13.5. The highest BCUT2D eigenvalue weighted by Crippen LogP contribution is 2.37. The van der Waals surface area contributed by atoms with Gasteiger partial charge in [-0.2, -0.15) is 9.61 Å². The molecule has 3 aromatic rings.